The van der Waals surface area contributed by atoms with Crippen molar-refractivity contribution in [2.24, 2.45) is 0 Å². The monoisotopic (exact) mass is 292 g/mol. The molecule has 2 saturated heterocycles. The Labute approximate surface area is 125 Å². The van der Waals surface area contributed by atoms with Crippen LogP contribution >= 0.6 is 0 Å². The summed E-state index contributed by atoms with van der Waals surface area (Å²) < 4.78 is 5.59. The summed E-state index contributed by atoms with van der Waals surface area (Å²) in [5.41, 5.74) is 0. The smallest absolute Gasteiger partial charge is 0.232 e. The average Bonchev–Trinajstić information content (AvgIpc) is 2.55. The highest BCUT2D eigenvalue weighted by Gasteiger charge is 2.22. The van der Waals surface area contributed by atoms with E-state index >= 15 is 0 Å². The van der Waals surface area contributed by atoms with Crippen molar-refractivity contribution in [3.05, 3.63) is 0 Å². The van der Waals surface area contributed by atoms with Crippen molar-refractivity contribution in [1.29, 1.82) is 0 Å². The van der Waals surface area contributed by atoms with E-state index in [0.717, 1.165) is 44.7 Å². The molecule has 0 aromatic carbocycles. The first kappa shape index (κ1) is 14.3. The zero-order chi connectivity index (χ0) is 14.7. The molecule has 1 aromatic rings. The predicted octanol–water partition coefficient (Wildman–Crippen LogP) is 1.13. The van der Waals surface area contributed by atoms with E-state index in [1.54, 1.807) is 0 Å². The quantitative estimate of drug-likeness (QED) is 0.895. The van der Waals surface area contributed by atoms with Gasteiger partial charge in [0.15, 0.2) is 0 Å². The molecule has 0 saturated carbocycles. The minimum absolute atomic E-state index is 0.215. The number of piperidine rings is 1. The van der Waals surface area contributed by atoms with Crippen molar-refractivity contribution >= 4 is 17.8 Å². The average molecular weight is 292 g/mol. The molecule has 21 heavy (non-hydrogen) atoms. The van der Waals surface area contributed by atoms with Gasteiger partial charge >= 0.3 is 0 Å². The number of rotatable bonds is 3. The molecule has 1 N–H and O–H groups in total. The Balaban J connectivity index is 1.85. The summed E-state index contributed by atoms with van der Waals surface area (Å²) in [6, 6.07) is 0. The fourth-order valence-electron chi connectivity index (χ4n) is 2.84. The van der Waals surface area contributed by atoms with E-state index in [1.165, 1.54) is 19.3 Å². The lowest BCUT2D eigenvalue weighted by Gasteiger charge is -2.32. The summed E-state index contributed by atoms with van der Waals surface area (Å²) >= 11 is 0. The highest BCUT2D eigenvalue weighted by Crippen LogP contribution is 2.21. The van der Waals surface area contributed by atoms with Crippen LogP contribution in [0.2, 0.25) is 0 Å². The van der Waals surface area contributed by atoms with E-state index in [-0.39, 0.29) is 6.10 Å². The maximum Gasteiger partial charge on any atom is 0.232 e. The molecule has 7 heteroatoms. The maximum atomic E-state index is 5.59. The summed E-state index contributed by atoms with van der Waals surface area (Å²) in [7, 11) is 1.85. The van der Waals surface area contributed by atoms with Crippen LogP contribution in [0.3, 0.4) is 0 Å². The van der Waals surface area contributed by atoms with Crippen LogP contribution in [0.1, 0.15) is 26.2 Å². The maximum absolute atomic E-state index is 5.59. The molecular formula is C14H24N6O. The van der Waals surface area contributed by atoms with Crippen molar-refractivity contribution in [3.8, 4) is 0 Å². The molecule has 2 fully saturated rings. The molecule has 0 bridgehead atoms. The molecule has 0 aliphatic carbocycles. The molecule has 0 spiro atoms. The van der Waals surface area contributed by atoms with Gasteiger partial charge in [-0.3, -0.25) is 0 Å². The number of anilines is 3. The summed E-state index contributed by atoms with van der Waals surface area (Å²) in [5, 5.41) is 3.05. The van der Waals surface area contributed by atoms with Crippen LogP contribution in [0.5, 0.6) is 0 Å². The molecule has 2 aliphatic rings. The SMILES string of the molecule is CNc1nc(N2CCCCC2)nc(N2CCOC(C)C2)n1. The number of hydrogen-bond acceptors (Lipinski definition) is 7. The van der Waals surface area contributed by atoms with Gasteiger partial charge in [-0.1, -0.05) is 0 Å². The highest BCUT2D eigenvalue weighted by molar-refractivity contribution is 5.45. The number of hydrogen-bond donors (Lipinski definition) is 1. The van der Waals surface area contributed by atoms with Crippen molar-refractivity contribution in [2.45, 2.75) is 32.3 Å². The molecule has 3 heterocycles. The zero-order valence-corrected chi connectivity index (χ0v) is 12.9. The first-order valence-electron chi connectivity index (χ1n) is 7.81. The molecule has 7 nitrogen and oxygen atoms in total. The molecule has 1 unspecified atom stereocenters. The van der Waals surface area contributed by atoms with Crippen LogP contribution in [0.15, 0.2) is 0 Å². The lowest BCUT2D eigenvalue weighted by molar-refractivity contribution is 0.0526. The van der Waals surface area contributed by atoms with Gasteiger partial charge in [-0.2, -0.15) is 15.0 Å². The van der Waals surface area contributed by atoms with Gasteiger partial charge in [0.25, 0.3) is 0 Å². The molecule has 116 valence electrons. The van der Waals surface area contributed by atoms with Crippen molar-refractivity contribution in [2.75, 3.05) is 55.0 Å². The van der Waals surface area contributed by atoms with Gasteiger partial charge in [-0.25, -0.2) is 0 Å². The van der Waals surface area contributed by atoms with Gasteiger partial charge in [-0.05, 0) is 26.2 Å². The fraction of sp³-hybridized carbons (Fsp3) is 0.786. The second-order valence-corrected chi connectivity index (χ2v) is 5.68. The molecule has 1 atom stereocenters. The first-order valence-corrected chi connectivity index (χ1v) is 7.81. The normalized spacial score (nSPS) is 23.2. The molecular weight excluding hydrogens is 268 g/mol. The number of morpholine rings is 1. The first-order chi connectivity index (χ1) is 10.3. The van der Waals surface area contributed by atoms with Gasteiger partial charge in [0.1, 0.15) is 0 Å². The summed E-state index contributed by atoms with van der Waals surface area (Å²) in [4.78, 5) is 18.2. The molecule has 1 aromatic heterocycles. The van der Waals surface area contributed by atoms with Crippen molar-refractivity contribution < 1.29 is 4.74 Å². The Morgan fingerprint density at radius 2 is 1.71 bits per heavy atom. The predicted molar refractivity (Wildman–Crippen MR) is 83.1 cm³/mol. The van der Waals surface area contributed by atoms with Crippen molar-refractivity contribution in [3.63, 3.8) is 0 Å². The second kappa shape index (κ2) is 6.43. The van der Waals surface area contributed by atoms with Gasteiger partial charge in [-0.15, -0.1) is 0 Å². The summed E-state index contributed by atoms with van der Waals surface area (Å²) in [6.07, 6.45) is 3.94. The van der Waals surface area contributed by atoms with Gasteiger partial charge in [0.2, 0.25) is 17.8 Å². The van der Waals surface area contributed by atoms with Gasteiger partial charge < -0.3 is 19.9 Å². The Morgan fingerprint density at radius 1 is 1.00 bits per heavy atom. The molecule has 2 aliphatic heterocycles. The van der Waals surface area contributed by atoms with Crippen LogP contribution in [0.25, 0.3) is 0 Å². The third-order valence-electron chi connectivity index (χ3n) is 4.00. The Hall–Kier alpha value is -1.63. The fourth-order valence-corrected chi connectivity index (χ4v) is 2.84. The minimum Gasteiger partial charge on any atom is -0.375 e. The van der Waals surface area contributed by atoms with E-state index < -0.39 is 0 Å². The lowest BCUT2D eigenvalue weighted by Crippen LogP contribution is -2.42. The van der Waals surface area contributed by atoms with E-state index in [1.807, 2.05) is 7.05 Å². The Morgan fingerprint density at radius 3 is 2.38 bits per heavy atom. The summed E-state index contributed by atoms with van der Waals surface area (Å²) in [5.74, 6) is 2.19. The minimum atomic E-state index is 0.215. The van der Waals surface area contributed by atoms with Crippen LogP contribution < -0.4 is 15.1 Å². The van der Waals surface area contributed by atoms with Crippen LogP contribution in [-0.4, -0.2) is 60.9 Å². The van der Waals surface area contributed by atoms with E-state index in [9.17, 15) is 0 Å². The summed E-state index contributed by atoms with van der Waals surface area (Å²) in [6.45, 7) is 6.53. The van der Waals surface area contributed by atoms with E-state index in [2.05, 4.69) is 32.0 Å². The molecule has 0 radical (unpaired) electrons. The second-order valence-electron chi connectivity index (χ2n) is 5.68. The zero-order valence-electron chi connectivity index (χ0n) is 12.9. The Bertz CT molecular complexity index is 477. The van der Waals surface area contributed by atoms with E-state index in [0.29, 0.717) is 5.95 Å². The number of ether oxygens (including phenoxy) is 1. The number of nitrogens with one attached hydrogen (secondary N) is 1. The van der Waals surface area contributed by atoms with E-state index in [4.69, 9.17) is 9.72 Å². The topological polar surface area (TPSA) is 66.4 Å². The Kier molecular flexibility index (Phi) is 4.38. The molecule has 0 amide bonds. The highest BCUT2D eigenvalue weighted by atomic mass is 16.5. The standard InChI is InChI=1S/C14H24N6O/c1-11-10-20(8-9-21-11)14-17-12(15-2)16-13(18-14)19-6-4-3-5-7-19/h11H,3-10H2,1-2H3,(H,15,16,17,18). The van der Waals surface area contributed by atoms with Crippen molar-refractivity contribution in [1.82, 2.24) is 15.0 Å². The number of nitrogens with zero attached hydrogens (tertiary/aromatic N) is 5. The third-order valence-corrected chi connectivity index (χ3v) is 4.00. The van der Waals surface area contributed by atoms with Gasteiger partial charge in [0.05, 0.1) is 12.7 Å². The molecule has 3 rings (SSSR count). The van der Waals surface area contributed by atoms with Gasteiger partial charge in [0, 0.05) is 33.2 Å². The number of aromatic nitrogens is 3. The van der Waals surface area contributed by atoms with Crippen LogP contribution in [0.4, 0.5) is 17.8 Å². The third kappa shape index (κ3) is 3.34. The lowest BCUT2D eigenvalue weighted by atomic mass is 10.1. The van der Waals surface area contributed by atoms with Crippen LogP contribution in [0, 0.1) is 0 Å². The largest absolute Gasteiger partial charge is 0.375 e. The van der Waals surface area contributed by atoms with Crippen LogP contribution in [-0.2, 0) is 4.74 Å².